The van der Waals surface area contributed by atoms with E-state index in [1.807, 2.05) is 6.92 Å². The first-order chi connectivity index (χ1) is 7.24. The lowest BCUT2D eigenvalue weighted by molar-refractivity contribution is 0.0630. The van der Waals surface area contributed by atoms with Gasteiger partial charge in [-0.2, -0.15) is 0 Å². The van der Waals surface area contributed by atoms with Crippen molar-refractivity contribution in [3.63, 3.8) is 0 Å². The Morgan fingerprint density at radius 2 is 1.27 bits per heavy atom. The molecule has 3 nitrogen and oxygen atoms in total. The van der Waals surface area contributed by atoms with Crippen molar-refractivity contribution in [2.45, 2.75) is 53.0 Å². The normalized spacial score (nSPS) is 12.0. The molecule has 0 aromatic heterocycles. The van der Waals surface area contributed by atoms with Crippen LogP contribution in [0, 0.1) is 0 Å². The minimum absolute atomic E-state index is 0.680. The van der Waals surface area contributed by atoms with Gasteiger partial charge < -0.3 is 13.3 Å². The Labute approximate surface area is 95.5 Å². The predicted octanol–water partition coefficient (Wildman–Crippen LogP) is 3.23. The maximum atomic E-state index is 5.86. The van der Waals surface area contributed by atoms with E-state index < -0.39 is 8.80 Å². The maximum absolute atomic E-state index is 5.86. The van der Waals surface area contributed by atoms with Crippen LogP contribution in [0.4, 0.5) is 0 Å². The summed E-state index contributed by atoms with van der Waals surface area (Å²) in [6.07, 6.45) is 3.09. The first-order valence-corrected chi connectivity index (χ1v) is 8.09. The van der Waals surface area contributed by atoms with Gasteiger partial charge in [-0.15, -0.1) is 0 Å². The van der Waals surface area contributed by atoms with Crippen molar-refractivity contribution in [2.75, 3.05) is 19.8 Å². The fourth-order valence-corrected chi connectivity index (χ4v) is 4.15. The Morgan fingerprint density at radius 3 is 1.60 bits per heavy atom. The summed E-state index contributed by atoms with van der Waals surface area (Å²) >= 11 is 0. The second-order valence-corrected chi connectivity index (χ2v) is 6.29. The number of hydrogen-bond acceptors (Lipinski definition) is 3. The smallest absolute Gasteiger partial charge is 0.374 e. The molecule has 0 atom stereocenters. The molecule has 0 aliphatic rings. The van der Waals surface area contributed by atoms with E-state index in [0.29, 0.717) is 6.61 Å². The van der Waals surface area contributed by atoms with Crippen LogP contribution in [0.2, 0.25) is 6.04 Å². The zero-order valence-corrected chi connectivity index (χ0v) is 11.7. The molecular formula is C11H26O3Si. The summed E-state index contributed by atoms with van der Waals surface area (Å²) in [4.78, 5) is 0. The van der Waals surface area contributed by atoms with Gasteiger partial charge in [0.25, 0.3) is 0 Å². The molecule has 92 valence electrons. The summed E-state index contributed by atoms with van der Waals surface area (Å²) in [7, 11) is -2.34. The van der Waals surface area contributed by atoms with Crippen LogP contribution in [0.5, 0.6) is 0 Å². The first kappa shape index (κ1) is 15.1. The molecular weight excluding hydrogens is 208 g/mol. The van der Waals surface area contributed by atoms with Gasteiger partial charge in [0.15, 0.2) is 0 Å². The van der Waals surface area contributed by atoms with E-state index in [0.717, 1.165) is 38.5 Å². The highest BCUT2D eigenvalue weighted by atomic mass is 28.4. The zero-order chi connectivity index (χ0) is 11.6. The van der Waals surface area contributed by atoms with E-state index in [9.17, 15) is 0 Å². The minimum Gasteiger partial charge on any atom is -0.374 e. The first-order valence-electron chi connectivity index (χ1n) is 6.16. The lowest BCUT2D eigenvalue weighted by Gasteiger charge is -2.28. The Kier molecular flexibility index (Phi) is 9.39. The Balaban J connectivity index is 4.26. The molecule has 0 aromatic rings. The molecule has 4 heteroatoms. The average molecular weight is 234 g/mol. The van der Waals surface area contributed by atoms with Crippen molar-refractivity contribution >= 4 is 8.80 Å². The molecule has 0 bridgehead atoms. The van der Waals surface area contributed by atoms with Crippen LogP contribution >= 0.6 is 0 Å². The predicted molar refractivity (Wildman–Crippen MR) is 65.0 cm³/mol. The summed E-state index contributed by atoms with van der Waals surface area (Å²) in [6.45, 7) is 10.5. The fourth-order valence-electron chi connectivity index (χ4n) is 1.38. The van der Waals surface area contributed by atoms with E-state index in [4.69, 9.17) is 13.3 Å². The van der Waals surface area contributed by atoms with Gasteiger partial charge in [-0.25, -0.2) is 0 Å². The van der Waals surface area contributed by atoms with Crippen LogP contribution < -0.4 is 0 Å². The third kappa shape index (κ3) is 6.30. The molecule has 0 amide bonds. The molecule has 0 radical (unpaired) electrons. The SMILES string of the molecule is CCCO[Si](CCC)(OCC)OCCC. The molecule has 0 spiro atoms. The van der Waals surface area contributed by atoms with Gasteiger partial charge in [0, 0.05) is 25.9 Å². The van der Waals surface area contributed by atoms with Gasteiger partial charge >= 0.3 is 8.80 Å². The van der Waals surface area contributed by atoms with Crippen LogP contribution in [0.15, 0.2) is 0 Å². The van der Waals surface area contributed by atoms with Crippen LogP contribution in [0.3, 0.4) is 0 Å². The number of hydrogen-bond donors (Lipinski definition) is 0. The van der Waals surface area contributed by atoms with Gasteiger partial charge in [-0.1, -0.05) is 27.2 Å². The highest BCUT2D eigenvalue weighted by molar-refractivity contribution is 6.60. The van der Waals surface area contributed by atoms with E-state index in [-0.39, 0.29) is 0 Å². The third-order valence-electron chi connectivity index (χ3n) is 1.97. The Hall–Kier alpha value is 0.0969. The average Bonchev–Trinajstić information content (AvgIpc) is 2.24. The summed E-state index contributed by atoms with van der Waals surface area (Å²) < 4.78 is 17.5. The second-order valence-electron chi connectivity index (χ2n) is 3.56. The van der Waals surface area contributed by atoms with Crippen molar-refractivity contribution < 1.29 is 13.3 Å². The Bertz CT molecular complexity index is 126. The van der Waals surface area contributed by atoms with Crippen molar-refractivity contribution in [1.29, 1.82) is 0 Å². The van der Waals surface area contributed by atoms with E-state index in [1.165, 1.54) is 0 Å². The summed E-state index contributed by atoms with van der Waals surface area (Å²) in [5.74, 6) is 0. The van der Waals surface area contributed by atoms with Gasteiger partial charge in [-0.05, 0) is 19.8 Å². The van der Waals surface area contributed by atoms with Gasteiger partial charge in [0.1, 0.15) is 0 Å². The van der Waals surface area contributed by atoms with Crippen LogP contribution in [0.25, 0.3) is 0 Å². The molecule has 0 unspecified atom stereocenters. The van der Waals surface area contributed by atoms with Crippen molar-refractivity contribution in [3.05, 3.63) is 0 Å². The molecule has 0 rings (SSSR count). The molecule has 15 heavy (non-hydrogen) atoms. The van der Waals surface area contributed by atoms with Crippen LogP contribution in [-0.2, 0) is 13.3 Å². The van der Waals surface area contributed by atoms with Gasteiger partial charge in [-0.3, -0.25) is 0 Å². The molecule has 0 saturated heterocycles. The molecule has 0 aromatic carbocycles. The monoisotopic (exact) mass is 234 g/mol. The van der Waals surface area contributed by atoms with Crippen molar-refractivity contribution in [1.82, 2.24) is 0 Å². The molecule has 0 aliphatic heterocycles. The zero-order valence-electron chi connectivity index (χ0n) is 10.7. The van der Waals surface area contributed by atoms with Crippen molar-refractivity contribution in [3.8, 4) is 0 Å². The van der Waals surface area contributed by atoms with E-state index >= 15 is 0 Å². The van der Waals surface area contributed by atoms with Gasteiger partial charge in [0.2, 0.25) is 0 Å². The van der Waals surface area contributed by atoms with Gasteiger partial charge in [0.05, 0.1) is 0 Å². The minimum atomic E-state index is -2.34. The van der Waals surface area contributed by atoms with Crippen LogP contribution in [-0.4, -0.2) is 28.6 Å². The lowest BCUT2D eigenvalue weighted by Crippen LogP contribution is -2.46. The lowest BCUT2D eigenvalue weighted by atomic mass is 10.5. The van der Waals surface area contributed by atoms with Crippen molar-refractivity contribution in [2.24, 2.45) is 0 Å². The highest BCUT2D eigenvalue weighted by Crippen LogP contribution is 2.18. The quantitative estimate of drug-likeness (QED) is 0.543. The van der Waals surface area contributed by atoms with E-state index in [1.54, 1.807) is 0 Å². The summed E-state index contributed by atoms with van der Waals surface area (Å²) in [6, 6.07) is 0.931. The molecule has 0 fully saturated rings. The second kappa shape index (κ2) is 9.33. The Morgan fingerprint density at radius 1 is 0.733 bits per heavy atom. The topological polar surface area (TPSA) is 27.7 Å². The summed E-state index contributed by atoms with van der Waals surface area (Å²) in [5, 5.41) is 0. The highest BCUT2D eigenvalue weighted by Gasteiger charge is 2.39. The molecule has 0 heterocycles. The van der Waals surface area contributed by atoms with E-state index in [2.05, 4.69) is 20.8 Å². The molecule has 0 saturated carbocycles. The standard InChI is InChI=1S/C11H26O3Si/c1-5-9-13-15(11-7-3,12-8-4)14-10-6-2/h5-11H2,1-4H3. The number of rotatable bonds is 10. The molecule has 0 aliphatic carbocycles. The fraction of sp³-hybridized carbons (Fsp3) is 1.00. The summed E-state index contributed by atoms with van der Waals surface area (Å²) in [5.41, 5.74) is 0. The van der Waals surface area contributed by atoms with Crippen LogP contribution in [0.1, 0.15) is 47.0 Å². The maximum Gasteiger partial charge on any atom is 0.500 e. The molecule has 0 N–H and O–H groups in total. The third-order valence-corrected chi connectivity index (χ3v) is 5.10. The largest absolute Gasteiger partial charge is 0.500 e.